The van der Waals surface area contributed by atoms with E-state index in [1.165, 1.54) is 37.1 Å². The third-order valence-electron chi connectivity index (χ3n) is 7.15. The Kier molecular flexibility index (Phi) is 8.35. The van der Waals surface area contributed by atoms with Gasteiger partial charge >= 0.3 is 5.97 Å². The summed E-state index contributed by atoms with van der Waals surface area (Å²) in [6, 6.07) is 10.8. The van der Waals surface area contributed by atoms with E-state index in [4.69, 9.17) is 16.3 Å². The van der Waals surface area contributed by atoms with Gasteiger partial charge in [-0.2, -0.15) is 0 Å². The van der Waals surface area contributed by atoms with Crippen molar-refractivity contribution in [1.29, 1.82) is 0 Å². The number of nitrogens with zero attached hydrogens (tertiary/aromatic N) is 2. The molecule has 2 aliphatic rings. The van der Waals surface area contributed by atoms with Crippen LogP contribution in [0.15, 0.2) is 47.5 Å². The van der Waals surface area contributed by atoms with Crippen molar-refractivity contribution in [3.8, 4) is 0 Å². The van der Waals surface area contributed by atoms with E-state index in [0.29, 0.717) is 29.2 Å². The molecule has 9 nitrogen and oxygen atoms in total. The van der Waals surface area contributed by atoms with Crippen LogP contribution in [-0.2, 0) is 19.1 Å². The number of carbonyl (C=O) groups excluding carboxylic acids is 3. The lowest BCUT2D eigenvalue weighted by atomic mass is 9.82. The molecule has 0 aliphatic carbocycles. The predicted octanol–water partition coefficient (Wildman–Crippen LogP) is 3.20. The summed E-state index contributed by atoms with van der Waals surface area (Å²) in [6.45, 7) is 7.10. The minimum atomic E-state index is -1.48. The number of benzodiazepines with no additional fused rings is 1. The number of likely N-dealkylation sites (N-methyl/N-ethyl adjacent to an activating group) is 1. The molecule has 1 saturated heterocycles. The summed E-state index contributed by atoms with van der Waals surface area (Å²) in [4.78, 5) is 46.0. The molecule has 214 valence electrons. The number of esters is 1. The van der Waals surface area contributed by atoms with Gasteiger partial charge in [0.05, 0.1) is 23.4 Å². The lowest BCUT2D eigenvalue weighted by molar-refractivity contribution is -0.170. The van der Waals surface area contributed by atoms with Gasteiger partial charge in [-0.15, -0.1) is 0 Å². The Bertz CT molecular complexity index is 1350. The van der Waals surface area contributed by atoms with Gasteiger partial charge in [-0.25, -0.2) is 14.2 Å². The molecule has 4 atom stereocenters. The lowest BCUT2D eigenvalue weighted by Crippen LogP contribution is -2.62. The highest BCUT2D eigenvalue weighted by Crippen LogP contribution is 2.33. The van der Waals surface area contributed by atoms with Crippen molar-refractivity contribution in [3.63, 3.8) is 0 Å². The number of anilines is 1. The normalized spacial score (nSPS) is 22.6. The number of amides is 2. The second-order valence-corrected chi connectivity index (χ2v) is 11.6. The molecule has 2 amide bonds. The fourth-order valence-corrected chi connectivity index (χ4v) is 5.20. The average molecular weight is 573 g/mol. The molecule has 2 heterocycles. The summed E-state index contributed by atoms with van der Waals surface area (Å²) in [5.74, 6) is -3.64. The Balaban J connectivity index is 1.68. The Morgan fingerprint density at radius 2 is 1.95 bits per heavy atom. The van der Waals surface area contributed by atoms with E-state index in [1.54, 1.807) is 45.0 Å². The summed E-state index contributed by atoms with van der Waals surface area (Å²) in [5.41, 5.74) is -1.18. The molecule has 3 N–H and O–H groups in total. The van der Waals surface area contributed by atoms with Gasteiger partial charge in [0.1, 0.15) is 17.0 Å². The summed E-state index contributed by atoms with van der Waals surface area (Å²) in [7, 11) is 1.52. The first kappa shape index (κ1) is 29.6. The number of aliphatic hydroxyl groups excluding tert-OH is 1. The number of fused-ring (bicyclic) bond motifs is 1. The van der Waals surface area contributed by atoms with Gasteiger partial charge in [0.15, 0.2) is 0 Å². The number of nitrogens with one attached hydrogen (secondary N) is 2. The van der Waals surface area contributed by atoms with Crippen LogP contribution >= 0.6 is 11.6 Å². The molecule has 0 radical (unpaired) electrons. The number of hydrogen-bond acceptors (Lipinski definition) is 7. The first-order chi connectivity index (χ1) is 18.7. The molecule has 1 unspecified atom stereocenters. The van der Waals surface area contributed by atoms with Crippen LogP contribution in [0.25, 0.3) is 0 Å². The van der Waals surface area contributed by atoms with Crippen molar-refractivity contribution in [2.75, 3.05) is 18.5 Å². The zero-order chi connectivity index (χ0) is 29.4. The number of aliphatic imine (C=N–C) groups is 1. The fraction of sp³-hybridized carbons (Fsp3) is 0.448. The topological polar surface area (TPSA) is 120 Å². The maximum atomic E-state index is 14.9. The maximum Gasteiger partial charge on any atom is 0.329 e. The van der Waals surface area contributed by atoms with Crippen LogP contribution in [0.3, 0.4) is 0 Å². The smallest absolute Gasteiger partial charge is 0.329 e. The van der Waals surface area contributed by atoms with Crippen molar-refractivity contribution >= 4 is 40.8 Å². The number of halogens is 2. The van der Waals surface area contributed by atoms with Gasteiger partial charge in [-0.1, -0.05) is 30.7 Å². The minimum Gasteiger partial charge on any atom is -0.459 e. The van der Waals surface area contributed by atoms with E-state index in [-0.39, 0.29) is 17.7 Å². The fourth-order valence-electron chi connectivity index (χ4n) is 5.03. The van der Waals surface area contributed by atoms with Crippen molar-refractivity contribution in [2.45, 2.75) is 63.9 Å². The second-order valence-electron chi connectivity index (χ2n) is 11.2. The third kappa shape index (κ3) is 5.75. The van der Waals surface area contributed by atoms with E-state index in [9.17, 15) is 23.9 Å². The Morgan fingerprint density at radius 3 is 2.58 bits per heavy atom. The number of ether oxygens (including phenoxy) is 1. The quantitative estimate of drug-likeness (QED) is 0.457. The van der Waals surface area contributed by atoms with Gasteiger partial charge in [0.2, 0.25) is 12.1 Å². The number of aliphatic hydroxyl groups is 1. The van der Waals surface area contributed by atoms with Gasteiger partial charge in [0, 0.05) is 23.2 Å². The molecule has 2 aliphatic heterocycles. The van der Waals surface area contributed by atoms with Crippen LogP contribution in [0, 0.1) is 11.7 Å². The molecule has 0 spiro atoms. The van der Waals surface area contributed by atoms with Crippen LogP contribution < -0.4 is 15.5 Å². The molecule has 40 heavy (non-hydrogen) atoms. The average Bonchev–Trinajstić information content (AvgIpc) is 3.37. The number of benzene rings is 2. The molecular weight excluding hydrogens is 539 g/mol. The van der Waals surface area contributed by atoms with E-state index >= 15 is 0 Å². The van der Waals surface area contributed by atoms with Crippen LogP contribution in [0.4, 0.5) is 10.1 Å². The molecule has 11 heteroatoms. The van der Waals surface area contributed by atoms with E-state index in [2.05, 4.69) is 15.6 Å². The standard InChI is InChI=1S/C29H34ClFN4O5/c1-16(23(36)29(13-8-14-32-29)27(39)40-28(2,3)4)25(37)34-24-26(38)35(5)21-12-11-17(30)15-19(21)22(33-24)18-9-6-7-10-20(18)31/h6-7,9-12,15-16,23-24,32,36H,8,13-14H2,1-5H3,(H,34,37)/t16-,23-,24?,29-/m1/s1. The molecule has 2 aromatic carbocycles. The van der Waals surface area contributed by atoms with Gasteiger partial charge in [-0.3, -0.25) is 14.9 Å². The highest BCUT2D eigenvalue weighted by molar-refractivity contribution is 6.32. The van der Waals surface area contributed by atoms with E-state index in [1.807, 2.05) is 0 Å². The molecule has 0 aromatic heterocycles. The number of hydrogen-bond donors (Lipinski definition) is 3. The van der Waals surface area contributed by atoms with Crippen LogP contribution in [0.5, 0.6) is 0 Å². The first-order valence-electron chi connectivity index (χ1n) is 13.1. The maximum absolute atomic E-state index is 14.9. The summed E-state index contributed by atoms with van der Waals surface area (Å²) >= 11 is 6.25. The van der Waals surface area contributed by atoms with Crippen LogP contribution in [0.1, 0.15) is 51.7 Å². The predicted molar refractivity (Wildman–Crippen MR) is 150 cm³/mol. The minimum absolute atomic E-state index is 0.125. The number of carbonyl (C=O) groups is 3. The van der Waals surface area contributed by atoms with Gasteiger partial charge in [-0.05, 0) is 70.5 Å². The third-order valence-corrected chi connectivity index (χ3v) is 7.38. The Labute approximate surface area is 237 Å². The van der Waals surface area contributed by atoms with Crippen LogP contribution in [0.2, 0.25) is 5.02 Å². The summed E-state index contributed by atoms with van der Waals surface area (Å²) in [6.07, 6.45) is -2.03. The van der Waals surface area contributed by atoms with Crippen LogP contribution in [-0.4, -0.2) is 65.6 Å². The largest absolute Gasteiger partial charge is 0.459 e. The summed E-state index contributed by atoms with van der Waals surface area (Å²) in [5, 5.41) is 17.3. The first-order valence-corrected chi connectivity index (χ1v) is 13.5. The van der Waals surface area contributed by atoms with Crippen molar-refractivity contribution < 1.29 is 28.6 Å². The highest BCUT2D eigenvalue weighted by Gasteiger charge is 2.53. The SMILES string of the molecule is C[C@@H](C(=O)NC1N=C(c2ccccc2F)c2cc(Cl)ccc2N(C)C1=O)[C@@H](O)[C@@]1(C(=O)OC(C)(C)C)CCCN1. The Hall–Kier alpha value is -3.34. The summed E-state index contributed by atoms with van der Waals surface area (Å²) < 4.78 is 20.5. The molecular formula is C29H34ClFN4O5. The van der Waals surface area contributed by atoms with Crippen molar-refractivity contribution in [1.82, 2.24) is 10.6 Å². The van der Waals surface area contributed by atoms with E-state index < -0.39 is 52.9 Å². The second kappa shape index (κ2) is 11.3. The molecule has 2 aromatic rings. The van der Waals surface area contributed by atoms with Crippen molar-refractivity contribution in [3.05, 3.63) is 64.4 Å². The lowest BCUT2D eigenvalue weighted by Gasteiger charge is -2.37. The van der Waals surface area contributed by atoms with Crippen molar-refractivity contribution in [2.24, 2.45) is 10.9 Å². The molecule has 4 rings (SSSR count). The molecule has 0 bridgehead atoms. The monoisotopic (exact) mass is 572 g/mol. The Morgan fingerprint density at radius 1 is 1.25 bits per heavy atom. The molecule has 0 saturated carbocycles. The number of rotatable bonds is 6. The van der Waals surface area contributed by atoms with E-state index in [0.717, 1.165) is 0 Å². The zero-order valence-electron chi connectivity index (χ0n) is 23.1. The molecule has 1 fully saturated rings. The highest BCUT2D eigenvalue weighted by atomic mass is 35.5. The van der Waals surface area contributed by atoms with Gasteiger partial charge in [0.25, 0.3) is 5.91 Å². The van der Waals surface area contributed by atoms with Gasteiger partial charge < -0.3 is 20.1 Å². The zero-order valence-corrected chi connectivity index (χ0v) is 23.9.